The number of rotatable bonds is 5. The molecule has 1 aromatic heterocycles. The van der Waals surface area contributed by atoms with Gasteiger partial charge in [-0.05, 0) is 165 Å². The molecule has 0 N–H and O–H groups in total. The van der Waals surface area contributed by atoms with Crippen molar-refractivity contribution in [2.45, 2.75) is 10.8 Å². The Morgan fingerprint density at radius 3 is 0.938 bits per heavy atom. The van der Waals surface area contributed by atoms with Crippen molar-refractivity contribution in [2.24, 2.45) is 0 Å². The molecule has 16 aromatic rings. The number of hydrogen-bond donors (Lipinski definition) is 0. The van der Waals surface area contributed by atoms with Crippen molar-refractivity contribution in [2.75, 3.05) is 9.80 Å². The fraction of sp³-hybridized carbons (Fsp3) is 0.0217. The van der Waals surface area contributed by atoms with Crippen LogP contribution in [0, 0.1) is 0 Å². The molecule has 4 heteroatoms. The average Bonchev–Trinajstić information content (AvgIpc) is 1.40. The van der Waals surface area contributed by atoms with Crippen LogP contribution >= 0.6 is 0 Å². The second-order valence-electron chi connectivity index (χ2n) is 26.8. The topological polar surface area (TPSA) is 11.4 Å². The number of anilines is 6. The third kappa shape index (κ3) is 6.53. The molecule has 3 nitrogen and oxygen atoms in total. The average molecular weight is 1210 g/mol. The predicted molar refractivity (Wildman–Crippen MR) is 398 cm³/mol. The summed E-state index contributed by atoms with van der Waals surface area (Å²) in [6.07, 6.45) is 0. The highest BCUT2D eigenvalue weighted by Gasteiger charge is 2.57. The minimum absolute atomic E-state index is 0.193. The molecule has 2 aliphatic heterocycles. The van der Waals surface area contributed by atoms with Crippen molar-refractivity contribution in [1.29, 1.82) is 0 Å². The maximum atomic E-state index is 2.74. The maximum Gasteiger partial charge on any atom is 0.252 e. The van der Waals surface area contributed by atoms with Crippen molar-refractivity contribution in [1.82, 2.24) is 4.57 Å². The molecule has 0 bridgehead atoms. The van der Waals surface area contributed by atoms with Crippen LogP contribution < -0.4 is 26.2 Å². The lowest BCUT2D eigenvalue weighted by atomic mass is 9.33. The molecule has 0 atom stereocenters. The highest BCUT2D eigenvalue weighted by Crippen LogP contribution is 2.68. The van der Waals surface area contributed by atoms with Crippen molar-refractivity contribution in [3.63, 3.8) is 0 Å². The molecule has 0 saturated carbocycles. The van der Waals surface area contributed by atoms with Crippen molar-refractivity contribution in [3.05, 3.63) is 384 Å². The molecule has 0 radical (unpaired) electrons. The monoisotopic (exact) mass is 1210 g/mol. The summed E-state index contributed by atoms with van der Waals surface area (Å²) in [5.74, 6) is 0. The van der Waals surface area contributed by atoms with Gasteiger partial charge in [0.1, 0.15) is 0 Å². The third-order valence-corrected chi connectivity index (χ3v) is 22.6. The summed E-state index contributed by atoms with van der Waals surface area (Å²) in [6, 6.07) is 130. The van der Waals surface area contributed by atoms with E-state index in [0.717, 1.165) is 39.5 Å². The van der Waals surface area contributed by atoms with Crippen LogP contribution in [0.25, 0.3) is 94.3 Å². The van der Waals surface area contributed by atoms with Gasteiger partial charge in [0.15, 0.2) is 0 Å². The van der Waals surface area contributed by atoms with Gasteiger partial charge in [-0.15, -0.1) is 0 Å². The standard InChI is InChI=1S/C92H56BN3/c1-3-25-57(26-4-1)59-49-51-78-84(53-59)95(82-47-23-37-70-66-33-11-19-43-76(66)91(88(70)82)72-39-15-7-29-62(72)63-30-8-16-40-73(63)91)86-55-61(94-80-45-21-13-35-68(80)69-36-14-22-46-81(69)94)56-87-90(86)93(78)79-52-50-60(58-27-5-2-6-28-58)54-85(79)96(87)83-48-24-38-71-67-34-12-20-44-77(67)92(89(71)83)74-41-17-9-31-64(74)65-32-10-18-42-75(65)92/h1-56H. The van der Waals surface area contributed by atoms with Gasteiger partial charge in [-0.1, -0.05) is 291 Å². The number of benzene rings is 15. The number of fused-ring (bicyclic) bond motifs is 27. The van der Waals surface area contributed by atoms with Crippen molar-refractivity contribution >= 4 is 79.0 Å². The molecule has 15 aromatic carbocycles. The van der Waals surface area contributed by atoms with Gasteiger partial charge >= 0.3 is 0 Å². The summed E-state index contributed by atoms with van der Waals surface area (Å²) >= 11 is 0. The number of nitrogens with zero attached hydrogens (tertiary/aromatic N) is 3. The minimum Gasteiger partial charge on any atom is -0.311 e. The van der Waals surface area contributed by atoms with Gasteiger partial charge in [0.05, 0.1) is 38.9 Å². The Morgan fingerprint density at radius 2 is 0.552 bits per heavy atom. The molecule has 2 spiro atoms. The molecule has 0 fully saturated rings. The summed E-state index contributed by atoms with van der Waals surface area (Å²) in [5, 5.41) is 2.44. The van der Waals surface area contributed by atoms with E-state index in [4.69, 9.17) is 0 Å². The van der Waals surface area contributed by atoms with E-state index in [1.54, 1.807) is 0 Å². The summed E-state index contributed by atoms with van der Waals surface area (Å²) in [5.41, 5.74) is 38.2. The van der Waals surface area contributed by atoms with Crippen LogP contribution in [0.5, 0.6) is 0 Å². The van der Waals surface area contributed by atoms with E-state index >= 15 is 0 Å². The molecule has 442 valence electrons. The van der Waals surface area contributed by atoms with Crippen LogP contribution in [0.2, 0.25) is 0 Å². The number of hydrogen-bond acceptors (Lipinski definition) is 2. The summed E-state index contributed by atoms with van der Waals surface area (Å²) in [7, 11) is 0. The van der Waals surface area contributed by atoms with Crippen LogP contribution in [0.1, 0.15) is 44.5 Å². The Labute approximate surface area is 557 Å². The van der Waals surface area contributed by atoms with Gasteiger partial charge in [-0.25, -0.2) is 0 Å². The summed E-state index contributed by atoms with van der Waals surface area (Å²) in [4.78, 5) is 5.48. The van der Waals surface area contributed by atoms with Crippen LogP contribution in [0.4, 0.5) is 34.1 Å². The molecule has 0 saturated heterocycles. The molecular formula is C92H56BN3. The summed E-state index contributed by atoms with van der Waals surface area (Å²) < 4.78 is 2.56. The van der Waals surface area contributed by atoms with E-state index in [2.05, 4.69) is 354 Å². The maximum absolute atomic E-state index is 2.74. The first-order valence-corrected chi connectivity index (χ1v) is 33.7. The highest BCUT2D eigenvalue weighted by molar-refractivity contribution is 7.00. The SMILES string of the molecule is c1ccc(-c2ccc3c(c2)N(c2cccc4c2C2(c5ccccc5-c5ccccc52)c2ccccc2-4)c2cc(-n4c5ccccc5c5ccccc54)cc4c2B3c2ccc(-c3ccccc3)cc2N4c2cccc3c2C2(c4ccccc4-c4ccccc42)c2ccccc2-3)cc1. The van der Waals surface area contributed by atoms with Crippen LogP contribution in [-0.4, -0.2) is 11.3 Å². The van der Waals surface area contributed by atoms with Crippen LogP contribution in [0.3, 0.4) is 0 Å². The second-order valence-corrected chi connectivity index (χ2v) is 26.8. The van der Waals surface area contributed by atoms with E-state index in [1.165, 1.54) is 150 Å². The predicted octanol–water partition coefficient (Wildman–Crippen LogP) is 20.9. The smallest absolute Gasteiger partial charge is 0.252 e. The van der Waals surface area contributed by atoms with E-state index in [1.807, 2.05) is 0 Å². The Hall–Kier alpha value is -12.2. The van der Waals surface area contributed by atoms with Crippen LogP contribution in [-0.2, 0) is 10.8 Å². The fourth-order valence-corrected chi connectivity index (χ4v) is 19.1. The highest BCUT2D eigenvalue weighted by atomic mass is 15.2. The van der Waals surface area contributed by atoms with E-state index in [9.17, 15) is 0 Å². The lowest BCUT2D eigenvalue weighted by molar-refractivity contribution is 0.792. The van der Waals surface area contributed by atoms with E-state index in [-0.39, 0.29) is 6.71 Å². The van der Waals surface area contributed by atoms with Gasteiger partial charge in [0.25, 0.3) is 6.71 Å². The molecule has 22 rings (SSSR count). The molecule has 0 unspecified atom stereocenters. The number of para-hydroxylation sites is 2. The zero-order valence-corrected chi connectivity index (χ0v) is 52.3. The first kappa shape index (κ1) is 52.3. The normalized spacial score (nSPS) is 14.4. The van der Waals surface area contributed by atoms with E-state index in [0.29, 0.717) is 0 Å². The first-order chi connectivity index (χ1) is 47.7. The molecule has 6 aliphatic rings. The fourth-order valence-electron chi connectivity index (χ4n) is 19.1. The van der Waals surface area contributed by atoms with Gasteiger partial charge in [0.2, 0.25) is 0 Å². The lowest BCUT2D eigenvalue weighted by Gasteiger charge is -2.46. The van der Waals surface area contributed by atoms with Crippen molar-refractivity contribution < 1.29 is 0 Å². The van der Waals surface area contributed by atoms with Crippen LogP contribution in [0.15, 0.2) is 340 Å². The van der Waals surface area contributed by atoms with E-state index < -0.39 is 10.8 Å². The number of aromatic nitrogens is 1. The Kier molecular flexibility index (Phi) is 10.5. The molecule has 4 aliphatic carbocycles. The minimum atomic E-state index is -0.650. The first-order valence-electron chi connectivity index (χ1n) is 33.7. The second kappa shape index (κ2) is 19.2. The Bertz CT molecular complexity index is 5580. The zero-order valence-electron chi connectivity index (χ0n) is 52.3. The molecule has 96 heavy (non-hydrogen) atoms. The largest absolute Gasteiger partial charge is 0.311 e. The van der Waals surface area contributed by atoms with Crippen molar-refractivity contribution in [3.8, 4) is 72.4 Å². The summed E-state index contributed by atoms with van der Waals surface area (Å²) in [6.45, 7) is -0.193. The Balaban J connectivity index is 0.923. The molecule has 3 heterocycles. The Morgan fingerprint density at radius 1 is 0.229 bits per heavy atom. The van der Waals surface area contributed by atoms with Gasteiger partial charge in [-0.3, -0.25) is 0 Å². The van der Waals surface area contributed by atoms with Gasteiger partial charge in [0, 0.05) is 44.6 Å². The van der Waals surface area contributed by atoms with Gasteiger partial charge in [-0.2, -0.15) is 0 Å². The lowest BCUT2D eigenvalue weighted by Crippen LogP contribution is -2.61. The quantitative estimate of drug-likeness (QED) is 0.159. The van der Waals surface area contributed by atoms with Gasteiger partial charge < -0.3 is 14.4 Å². The third-order valence-electron chi connectivity index (χ3n) is 22.6. The molecular weight excluding hydrogens is 1160 g/mol. The zero-order chi connectivity index (χ0) is 62.5. The molecule has 0 amide bonds.